The predicted octanol–water partition coefficient (Wildman–Crippen LogP) is 1.75. The molecule has 3 rings (SSSR count). The second-order valence-corrected chi connectivity index (χ2v) is 15.2. The van der Waals surface area contributed by atoms with E-state index in [1.807, 2.05) is 44.1 Å². The molecule has 0 fully saturated rings. The van der Waals surface area contributed by atoms with Crippen LogP contribution in [0.15, 0.2) is 47.4 Å². The number of hydrogen-bond acceptors (Lipinski definition) is 11. The molecule has 0 aromatic heterocycles. The quantitative estimate of drug-likeness (QED) is 0.106. The van der Waals surface area contributed by atoms with E-state index >= 15 is 0 Å². The van der Waals surface area contributed by atoms with Gasteiger partial charge in [0.05, 0.1) is 29.5 Å². The van der Waals surface area contributed by atoms with E-state index in [0.29, 0.717) is 49.0 Å². The van der Waals surface area contributed by atoms with Gasteiger partial charge < -0.3 is 46.2 Å². The van der Waals surface area contributed by atoms with Gasteiger partial charge in [0, 0.05) is 49.8 Å². The molecule has 0 saturated heterocycles. The zero-order valence-electron chi connectivity index (χ0n) is 28.5. The minimum Gasteiger partial charge on any atom is -0.394 e. The van der Waals surface area contributed by atoms with Crippen molar-refractivity contribution in [1.29, 1.82) is 0 Å². The van der Waals surface area contributed by atoms with E-state index in [1.54, 1.807) is 24.3 Å². The van der Waals surface area contributed by atoms with Crippen LogP contribution in [0, 0.1) is 5.41 Å². The SMILES string of the molecule is CCCC[C@@]1(CC)CS(=O)(=O)c2ccc(N(C)C)cc2[C@@H](c2cccc(NC(=O)CCCCNC[C@H](O)[C@@H](O)[C@H](O)[C@H](O)CO)c2)[C@H]1O. The Morgan fingerprint density at radius 3 is 2.35 bits per heavy atom. The molecule has 2 aromatic carbocycles. The summed E-state index contributed by atoms with van der Waals surface area (Å²) in [6.07, 6.45) is -3.17. The molecule has 0 radical (unpaired) electrons. The number of benzene rings is 2. The van der Waals surface area contributed by atoms with Gasteiger partial charge in [0.2, 0.25) is 5.91 Å². The van der Waals surface area contributed by atoms with E-state index in [0.717, 1.165) is 18.5 Å². The number of rotatable bonds is 18. The summed E-state index contributed by atoms with van der Waals surface area (Å²) in [7, 11) is 0.0475. The Hall–Kier alpha value is -2.62. The molecule has 0 bridgehead atoms. The molecule has 0 aliphatic carbocycles. The van der Waals surface area contributed by atoms with Crippen LogP contribution in [0.25, 0.3) is 0 Å². The summed E-state index contributed by atoms with van der Waals surface area (Å²) in [5.41, 5.74) is 1.77. The van der Waals surface area contributed by atoms with Crippen LogP contribution in [0.3, 0.4) is 0 Å². The molecule has 0 spiro atoms. The molecule has 1 aliphatic rings. The first kappa shape index (κ1) is 39.8. The minimum absolute atomic E-state index is 0.0550. The average molecular weight is 694 g/mol. The van der Waals surface area contributed by atoms with Gasteiger partial charge in [0.25, 0.3) is 0 Å². The van der Waals surface area contributed by atoms with Gasteiger partial charge in [-0.05, 0) is 73.7 Å². The van der Waals surface area contributed by atoms with E-state index in [-0.39, 0.29) is 29.5 Å². The summed E-state index contributed by atoms with van der Waals surface area (Å²) in [6.45, 7) is 3.62. The maximum Gasteiger partial charge on any atom is 0.224 e. The van der Waals surface area contributed by atoms with Crippen LogP contribution in [0.5, 0.6) is 0 Å². The van der Waals surface area contributed by atoms with Crippen molar-refractivity contribution < 1.29 is 43.9 Å². The molecule has 7 atom stereocenters. The van der Waals surface area contributed by atoms with E-state index in [4.69, 9.17) is 5.11 Å². The number of amides is 1. The van der Waals surface area contributed by atoms with Gasteiger partial charge in [-0.15, -0.1) is 0 Å². The van der Waals surface area contributed by atoms with E-state index in [9.17, 15) is 38.7 Å². The number of anilines is 2. The van der Waals surface area contributed by atoms with Crippen LogP contribution in [-0.2, 0) is 14.6 Å². The molecule has 0 unspecified atom stereocenters. The third-order valence-electron chi connectivity index (χ3n) is 9.55. The number of nitrogens with one attached hydrogen (secondary N) is 2. The van der Waals surface area contributed by atoms with Crippen molar-refractivity contribution in [3.63, 3.8) is 0 Å². The van der Waals surface area contributed by atoms with Crippen LogP contribution in [0.2, 0.25) is 0 Å². The molecule has 48 heavy (non-hydrogen) atoms. The molecule has 13 heteroatoms. The van der Waals surface area contributed by atoms with E-state index in [1.165, 1.54) is 0 Å². The van der Waals surface area contributed by atoms with Gasteiger partial charge in [-0.25, -0.2) is 8.42 Å². The lowest BCUT2D eigenvalue weighted by atomic mass is 9.69. The molecule has 1 aliphatic heterocycles. The Bertz CT molecular complexity index is 1440. The predicted molar refractivity (Wildman–Crippen MR) is 186 cm³/mol. The minimum atomic E-state index is -3.72. The number of carbonyl (C=O) groups excluding carboxylic acids is 1. The lowest BCUT2D eigenvalue weighted by molar-refractivity contribution is -0.116. The molecule has 12 nitrogen and oxygen atoms in total. The normalized spacial score (nSPS) is 23.0. The fourth-order valence-electron chi connectivity index (χ4n) is 6.51. The number of fused-ring (bicyclic) bond motifs is 1. The summed E-state index contributed by atoms with van der Waals surface area (Å²) < 4.78 is 27.8. The van der Waals surface area contributed by atoms with Gasteiger partial charge in [-0.3, -0.25) is 4.79 Å². The third-order valence-corrected chi connectivity index (χ3v) is 11.5. The zero-order chi connectivity index (χ0) is 35.6. The van der Waals surface area contributed by atoms with Crippen molar-refractivity contribution in [2.24, 2.45) is 5.41 Å². The van der Waals surface area contributed by atoms with E-state index in [2.05, 4.69) is 17.6 Å². The smallest absolute Gasteiger partial charge is 0.224 e. The van der Waals surface area contributed by atoms with E-state index < -0.39 is 58.3 Å². The van der Waals surface area contributed by atoms with Crippen molar-refractivity contribution in [2.75, 3.05) is 49.8 Å². The molecule has 1 heterocycles. The molecule has 0 saturated carbocycles. The highest BCUT2D eigenvalue weighted by atomic mass is 32.2. The molecule has 2 aromatic rings. The maximum atomic E-state index is 13.9. The summed E-state index contributed by atoms with van der Waals surface area (Å²) in [5, 5.41) is 66.0. The summed E-state index contributed by atoms with van der Waals surface area (Å²) in [4.78, 5) is 15.0. The Balaban J connectivity index is 1.74. The topological polar surface area (TPSA) is 200 Å². The first-order valence-corrected chi connectivity index (χ1v) is 18.5. The number of sulfone groups is 1. The number of aliphatic hydroxyl groups excluding tert-OH is 6. The molecule has 270 valence electrons. The molecule has 1 amide bonds. The monoisotopic (exact) mass is 693 g/mol. The Kier molecular flexibility index (Phi) is 14.8. The van der Waals surface area contributed by atoms with Gasteiger partial charge in [-0.1, -0.05) is 38.8 Å². The van der Waals surface area contributed by atoms with Crippen LogP contribution >= 0.6 is 0 Å². The fraction of sp³-hybridized carbons (Fsp3) is 0.629. The first-order chi connectivity index (χ1) is 22.7. The second-order valence-electron chi connectivity index (χ2n) is 13.3. The second kappa shape index (κ2) is 17.9. The highest BCUT2D eigenvalue weighted by molar-refractivity contribution is 7.91. The van der Waals surface area contributed by atoms with Crippen LogP contribution in [-0.4, -0.2) is 115 Å². The van der Waals surface area contributed by atoms with Gasteiger partial charge >= 0.3 is 0 Å². The van der Waals surface area contributed by atoms with Crippen molar-refractivity contribution in [3.05, 3.63) is 53.6 Å². The lowest BCUT2D eigenvalue weighted by Gasteiger charge is -2.39. The van der Waals surface area contributed by atoms with Crippen molar-refractivity contribution >= 4 is 27.1 Å². The summed E-state index contributed by atoms with van der Waals surface area (Å²) in [5.74, 6) is -0.991. The van der Waals surface area contributed by atoms with Gasteiger partial charge in [-0.2, -0.15) is 0 Å². The largest absolute Gasteiger partial charge is 0.394 e. The number of carbonyl (C=O) groups is 1. The standard InChI is InChI=1S/C35H55N3O9S/c1-5-7-16-35(6-2)22-48(46,47)29-15-14-25(38(3)4)19-26(29)31(34(35)45)23-11-10-12-24(18-23)37-30(42)13-8-9-17-36-20-27(40)32(43)33(44)28(41)21-39/h10-12,14-15,18-19,27-28,31-34,36,39-41,43-45H,5-9,13,16-17,20-22H2,1-4H3,(H,37,42)/t27-,28+,31+,32+,33+,34+,35-/m0/s1. The molecule has 8 N–H and O–H groups in total. The Morgan fingerprint density at radius 1 is 1.00 bits per heavy atom. The number of unbranched alkanes of at least 4 members (excludes halogenated alkanes) is 2. The van der Waals surface area contributed by atoms with Crippen molar-refractivity contribution in [3.8, 4) is 0 Å². The van der Waals surface area contributed by atoms with Crippen molar-refractivity contribution in [1.82, 2.24) is 5.32 Å². The average Bonchev–Trinajstić information content (AvgIpc) is 3.13. The summed E-state index contributed by atoms with van der Waals surface area (Å²) >= 11 is 0. The van der Waals surface area contributed by atoms with Crippen molar-refractivity contribution in [2.45, 2.75) is 100 Å². The van der Waals surface area contributed by atoms with Gasteiger partial charge in [0.1, 0.15) is 18.3 Å². The fourth-order valence-corrected chi connectivity index (χ4v) is 8.76. The first-order valence-electron chi connectivity index (χ1n) is 16.9. The Morgan fingerprint density at radius 2 is 1.71 bits per heavy atom. The van der Waals surface area contributed by atoms with Gasteiger partial charge in [0.15, 0.2) is 9.84 Å². The highest BCUT2D eigenvalue weighted by Gasteiger charge is 2.49. The number of hydrogen-bond donors (Lipinski definition) is 8. The van der Waals surface area contributed by atoms with Crippen LogP contribution in [0.4, 0.5) is 11.4 Å². The maximum absolute atomic E-state index is 13.9. The Labute approximate surface area is 284 Å². The number of nitrogens with zero attached hydrogens (tertiary/aromatic N) is 1. The lowest BCUT2D eigenvalue weighted by Crippen LogP contribution is -2.49. The zero-order valence-corrected chi connectivity index (χ0v) is 29.4. The summed E-state index contributed by atoms with van der Waals surface area (Å²) in [6, 6.07) is 12.5. The third kappa shape index (κ3) is 9.75. The molecular formula is C35H55N3O9S. The van der Waals surface area contributed by atoms with Crippen LogP contribution in [0.1, 0.15) is 75.8 Å². The molecular weight excluding hydrogens is 638 g/mol. The highest BCUT2D eigenvalue weighted by Crippen LogP contribution is 2.49. The van der Waals surface area contributed by atoms with Crippen LogP contribution < -0.4 is 15.5 Å². The number of aliphatic hydroxyl groups is 6.